The molecule has 2 rings (SSSR count). The van der Waals surface area contributed by atoms with E-state index < -0.39 is 0 Å². The number of fused-ring (bicyclic) bond motifs is 1. The second-order valence-electron chi connectivity index (χ2n) is 4.21. The van der Waals surface area contributed by atoms with Gasteiger partial charge in [-0.1, -0.05) is 12.8 Å². The minimum absolute atomic E-state index is 0.0839. The summed E-state index contributed by atoms with van der Waals surface area (Å²) in [6.45, 7) is 0. The topological polar surface area (TPSA) is 37.3 Å². The summed E-state index contributed by atoms with van der Waals surface area (Å²) >= 11 is 0.578. The molecule has 2 aliphatic carbocycles. The van der Waals surface area contributed by atoms with Gasteiger partial charge in [0.2, 0.25) is 0 Å². The van der Waals surface area contributed by atoms with Gasteiger partial charge >= 0.3 is 11.7 Å². The van der Waals surface area contributed by atoms with E-state index in [2.05, 4.69) is 6.42 Å². The summed E-state index contributed by atoms with van der Waals surface area (Å²) < 4.78 is 10.7. The molecular formula is C10H16O2S+. The Morgan fingerprint density at radius 3 is 2.85 bits per heavy atom. The first-order valence-corrected chi connectivity index (χ1v) is 5.93. The average Bonchev–Trinajstić information content (AvgIpc) is 2.19. The van der Waals surface area contributed by atoms with Crippen molar-refractivity contribution < 1.29 is 9.32 Å². The summed E-state index contributed by atoms with van der Waals surface area (Å²) in [6, 6.07) is 0. The van der Waals surface area contributed by atoms with Crippen LogP contribution in [0.4, 0.5) is 0 Å². The van der Waals surface area contributed by atoms with Gasteiger partial charge in [0.25, 0.3) is 5.25 Å². The van der Waals surface area contributed by atoms with Crippen LogP contribution in [0.3, 0.4) is 0 Å². The number of aliphatic hydroxyl groups is 1. The summed E-state index contributed by atoms with van der Waals surface area (Å²) in [6.07, 6.45) is 7.57. The molecule has 3 heteroatoms. The number of rotatable bonds is 1. The molecule has 13 heavy (non-hydrogen) atoms. The van der Waals surface area contributed by atoms with Crippen molar-refractivity contribution in [2.75, 3.05) is 0 Å². The lowest BCUT2D eigenvalue weighted by atomic mass is 9.69. The second kappa shape index (κ2) is 4.01. The van der Waals surface area contributed by atoms with Crippen LogP contribution in [0.25, 0.3) is 0 Å². The van der Waals surface area contributed by atoms with E-state index in [9.17, 15) is 9.32 Å². The van der Waals surface area contributed by atoms with E-state index in [1.54, 1.807) is 0 Å². The molecule has 0 heterocycles. The van der Waals surface area contributed by atoms with Crippen molar-refractivity contribution in [3.63, 3.8) is 0 Å². The van der Waals surface area contributed by atoms with Crippen molar-refractivity contribution in [3.8, 4) is 0 Å². The van der Waals surface area contributed by atoms with Gasteiger partial charge in [-0.3, -0.25) is 0 Å². The van der Waals surface area contributed by atoms with E-state index in [0.717, 1.165) is 12.8 Å². The summed E-state index contributed by atoms with van der Waals surface area (Å²) in [4.78, 5) is 0. The summed E-state index contributed by atoms with van der Waals surface area (Å²) in [5.74, 6) is 0.973. The summed E-state index contributed by atoms with van der Waals surface area (Å²) in [5, 5.41) is 9.84. The Morgan fingerprint density at radius 1 is 1.31 bits per heavy atom. The molecule has 0 amide bonds. The minimum atomic E-state index is -0.349. The van der Waals surface area contributed by atoms with Gasteiger partial charge in [-0.15, -0.1) is 0 Å². The van der Waals surface area contributed by atoms with Crippen molar-refractivity contribution in [2.24, 2.45) is 11.8 Å². The van der Waals surface area contributed by atoms with Crippen LogP contribution >= 0.6 is 0 Å². The van der Waals surface area contributed by atoms with Crippen LogP contribution in [0, 0.1) is 18.3 Å². The van der Waals surface area contributed by atoms with E-state index in [1.165, 1.54) is 19.3 Å². The maximum absolute atomic E-state index is 10.7. The molecule has 0 aromatic rings. The van der Waals surface area contributed by atoms with Crippen molar-refractivity contribution in [2.45, 2.75) is 43.5 Å². The third kappa shape index (κ3) is 1.77. The fraction of sp³-hybridized carbons (Fsp3) is 0.900. The molecule has 1 N–H and O–H groups in total. The predicted octanol–water partition coefficient (Wildman–Crippen LogP) is 1.56. The predicted molar refractivity (Wildman–Crippen MR) is 52.2 cm³/mol. The molecule has 2 nitrogen and oxygen atoms in total. The first-order chi connectivity index (χ1) is 6.33. The van der Waals surface area contributed by atoms with Gasteiger partial charge in [0, 0.05) is 10.6 Å². The molecule has 4 unspecified atom stereocenters. The van der Waals surface area contributed by atoms with Crippen LogP contribution in [-0.4, -0.2) is 16.5 Å². The van der Waals surface area contributed by atoms with Gasteiger partial charge in [-0.2, -0.15) is 0 Å². The molecule has 0 saturated heterocycles. The van der Waals surface area contributed by atoms with Gasteiger partial charge in [-0.25, -0.2) is 0 Å². The zero-order chi connectivity index (χ0) is 9.26. The SMILES string of the molecule is O=[S+]C1C[CH]C2CCCCC2C1O. The third-order valence-corrected chi connectivity index (χ3v) is 4.21. The highest BCUT2D eigenvalue weighted by molar-refractivity contribution is 7.66. The lowest BCUT2D eigenvalue weighted by Gasteiger charge is -2.37. The normalized spacial score (nSPS) is 45.3. The van der Waals surface area contributed by atoms with Crippen LogP contribution < -0.4 is 0 Å². The smallest absolute Gasteiger partial charge is 0.387 e. The zero-order valence-corrected chi connectivity index (χ0v) is 8.50. The van der Waals surface area contributed by atoms with Gasteiger partial charge in [-0.05, 0) is 31.1 Å². The highest BCUT2D eigenvalue weighted by Gasteiger charge is 2.45. The molecule has 73 valence electrons. The maximum Gasteiger partial charge on any atom is 0.464 e. The fourth-order valence-electron chi connectivity index (χ4n) is 2.73. The molecule has 0 bridgehead atoms. The molecule has 0 aromatic heterocycles. The van der Waals surface area contributed by atoms with Crippen LogP contribution in [0.2, 0.25) is 0 Å². The molecule has 0 aromatic carbocycles. The van der Waals surface area contributed by atoms with E-state index >= 15 is 0 Å². The lowest BCUT2D eigenvalue weighted by Crippen LogP contribution is -2.43. The van der Waals surface area contributed by atoms with Crippen LogP contribution in [0.1, 0.15) is 32.1 Å². The Morgan fingerprint density at radius 2 is 2.08 bits per heavy atom. The Bertz CT molecular complexity index is 195. The molecule has 2 saturated carbocycles. The van der Waals surface area contributed by atoms with Crippen LogP contribution in [-0.2, 0) is 15.9 Å². The zero-order valence-electron chi connectivity index (χ0n) is 7.69. The van der Waals surface area contributed by atoms with Crippen molar-refractivity contribution in [1.29, 1.82) is 0 Å². The standard InChI is InChI=1S/C10H16O2S/c11-10-8-4-2-1-3-7(8)5-6-9(10)13-12/h5,7-11H,1-4,6H2/q+1. The molecule has 2 fully saturated rings. The highest BCUT2D eigenvalue weighted by atomic mass is 32.1. The summed E-state index contributed by atoms with van der Waals surface area (Å²) in [5.41, 5.74) is 0. The van der Waals surface area contributed by atoms with Gasteiger partial charge in [0.1, 0.15) is 6.10 Å². The maximum atomic E-state index is 10.7. The van der Waals surface area contributed by atoms with Gasteiger partial charge in [0.05, 0.1) is 0 Å². The van der Waals surface area contributed by atoms with Crippen molar-refractivity contribution >= 4 is 11.7 Å². The monoisotopic (exact) mass is 200 g/mol. The van der Waals surface area contributed by atoms with E-state index in [4.69, 9.17) is 0 Å². The fourth-order valence-corrected chi connectivity index (χ4v) is 3.23. The van der Waals surface area contributed by atoms with Crippen molar-refractivity contribution in [3.05, 3.63) is 6.42 Å². The lowest BCUT2D eigenvalue weighted by molar-refractivity contribution is 0.0363. The number of hydrogen-bond acceptors (Lipinski definition) is 2. The van der Waals surface area contributed by atoms with E-state index in [1.807, 2.05) is 0 Å². The third-order valence-electron chi connectivity index (χ3n) is 3.49. The molecule has 0 spiro atoms. The molecule has 1 radical (unpaired) electrons. The Kier molecular flexibility index (Phi) is 2.94. The Labute approximate surface area is 83.2 Å². The highest BCUT2D eigenvalue weighted by Crippen LogP contribution is 2.40. The Hall–Kier alpha value is -0.0200. The van der Waals surface area contributed by atoms with E-state index in [0.29, 0.717) is 23.5 Å². The number of aliphatic hydroxyl groups excluding tert-OH is 1. The Balaban J connectivity index is 2.04. The first-order valence-electron chi connectivity index (χ1n) is 5.13. The average molecular weight is 200 g/mol. The quantitative estimate of drug-likeness (QED) is 0.652. The van der Waals surface area contributed by atoms with Crippen LogP contribution in [0.15, 0.2) is 0 Å². The molecule has 4 atom stereocenters. The second-order valence-corrected chi connectivity index (χ2v) is 5.01. The van der Waals surface area contributed by atoms with Gasteiger partial charge in [0.15, 0.2) is 0 Å². The van der Waals surface area contributed by atoms with Crippen molar-refractivity contribution in [1.82, 2.24) is 0 Å². The molecule has 0 aliphatic heterocycles. The van der Waals surface area contributed by atoms with Crippen LogP contribution in [0.5, 0.6) is 0 Å². The first kappa shape index (κ1) is 9.53. The largest absolute Gasteiger partial charge is 0.464 e. The van der Waals surface area contributed by atoms with E-state index in [-0.39, 0.29) is 11.4 Å². The molecular weight excluding hydrogens is 184 g/mol. The summed E-state index contributed by atoms with van der Waals surface area (Å²) in [7, 11) is 0. The van der Waals surface area contributed by atoms with Gasteiger partial charge < -0.3 is 5.11 Å². The molecule has 2 aliphatic rings. The number of hydrogen-bond donors (Lipinski definition) is 1. The minimum Gasteiger partial charge on any atom is -0.387 e.